The van der Waals surface area contributed by atoms with E-state index in [9.17, 15) is 13.2 Å². The summed E-state index contributed by atoms with van der Waals surface area (Å²) in [5.74, 6) is -0.376. The summed E-state index contributed by atoms with van der Waals surface area (Å²) < 4.78 is 22.2. The Labute approximate surface area is 113 Å². The number of thiophene rings is 1. The molecule has 0 radical (unpaired) electrons. The average molecular weight is 301 g/mol. The predicted octanol–water partition coefficient (Wildman–Crippen LogP) is -0.546. The molecule has 0 aromatic carbocycles. The minimum atomic E-state index is -3.69. The molecule has 0 spiro atoms. The highest BCUT2D eigenvalue weighted by Crippen LogP contribution is 2.19. The number of primary sulfonamides is 1. The maximum atomic E-state index is 11.7. The maximum Gasteiger partial charge on any atom is 0.273 e. The number of sulfonamides is 1. The lowest BCUT2D eigenvalue weighted by atomic mass is 10.4. The monoisotopic (exact) mass is 301 g/mol. The lowest BCUT2D eigenvalue weighted by molar-refractivity contribution is 0.0945. The Kier molecular flexibility index (Phi) is 3.64. The van der Waals surface area contributed by atoms with E-state index < -0.39 is 10.0 Å². The summed E-state index contributed by atoms with van der Waals surface area (Å²) in [6, 6.07) is 3.01. The Hall–Kier alpha value is -1.78. The normalized spacial score (nSPS) is 11.5. The fraction of sp³-hybridized carbons (Fsp3) is 0.222. The molecule has 0 saturated carbocycles. The molecule has 0 saturated heterocycles. The summed E-state index contributed by atoms with van der Waals surface area (Å²) in [6.07, 6.45) is 1.35. The van der Waals surface area contributed by atoms with Crippen LogP contribution in [0.15, 0.2) is 22.5 Å². The highest BCUT2D eigenvalue weighted by molar-refractivity contribution is 7.91. The molecule has 3 N–H and O–H groups in total. The van der Waals surface area contributed by atoms with Crippen LogP contribution in [-0.2, 0) is 23.6 Å². The van der Waals surface area contributed by atoms with Gasteiger partial charge in [-0.15, -0.1) is 16.4 Å². The van der Waals surface area contributed by atoms with Crippen LogP contribution < -0.4 is 10.5 Å². The summed E-state index contributed by atoms with van der Waals surface area (Å²) in [6.45, 7) is 0.204. The molecule has 19 heavy (non-hydrogen) atoms. The van der Waals surface area contributed by atoms with E-state index in [0.717, 1.165) is 11.3 Å². The molecular formula is C9H11N5O3S2. The Morgan fingerprint density at radius 2 is 2.26 bits per heavy atom. The lowest BCUT2D eigenvalue weighted by Crippen LogP contribution is -2.22. The van der Waals surface area contributed by atoms with E-state index in [0.29, 0.717) is 4.88 Å². The zero-order valence-corrected chi connectivity index (χ0v) is 11.5. The van der Waals surface area contributed by atoms with Crippen molar-refractivity contribution in [2.45, 2.75) is 10.8 Å². The SMILES string of the molecule is Cn1ncc(C(=O)NCc2ccc(S(N)(=O)=O)s2)n1. The van der Waals surface area contributed by atoms with Gasteiger partial charge in [0, 0.05) is 11.9 Å². The van der Waals surface area contributed by atoms with Gasteiger partial charge in [0.2, 0.25) is 10.0 Å². The van der Waals surface area contributed by atoms with Crippen molar-refractivity contribution in [3.63, 3.8) is 0 Å². The van der Waals surface area contributed by atoms with Crippen molar-refractivity contribution in [1.29, 1.82) is 0 Å². The van der Waals surface area contributed by atoms with Crippen LogP contribution in [0.25, 0.3) is 0 Å². The molecule has 0 aliphatic heterocycles. The lowest BCUT2D eigenvalue weighted by Gasteiger charge is -1.99. The molecule has 8 nitrogen and oxygen atoms in total. The number of nitrogens with one attached hydrogen (secondary N) is 1. The average Bonchev–Trinajstić information content (AvgIpc) is 2.93. The third-order valence-electron chi connectivity index (χ3n) is 2.17. The molecule has 2 aromatic rings. The summed E-state index contributed by atoms with van der Waals surface area (Å²) >= 11 is 1.01. The Morgan fingerprint density at radius 1 is 1.53 bits per heavy atom. The minimum absolute atomic E-state index is 0.0660. The first kappa shape index (κ1) is 13.6. The maximum absolute atomic E-state index is 11.7. The molecule has 0 aliphatic carbocycles. The van der Waals surface area contributed by atoms with Crippen molar-refractivity contribution in [3.05, 3.63) is 28.9 Å². The second-order valence-corrected chi connectivity index (χ2v) is 6.62. The first-order chi connectivity index (χ1) is 8.86. The zero-order chi connectivity index (χ0) is 14.0. The molecule has 0 unspecified atom stereocenters. The molecule has 102 valence electrons. The van der Waals surface area contributed by atoms with Gasteiger partial charge in [0.15, 0.2) is 5.69 Å². The Bertz CT molecular complexity index is 703. The van der Waals surface area contributed by atoms with Crippen molar-refractivity contribution >= 4 is 27.3 Å². The molecule has 2 rings (SSSR count). The molecule has 0 fully saturated rings. The third-order valence-corrected chi connectivity index (χ3v) is 4.70. The third kappa shape index (κ3) is 3.36. The molecule has 0 atom stereocenters. The first-order valence-corrected chi connectivity index (χ1v) is 7.48. The second-order valence-electron chi connectivity index (χ2n) is 3.67. The predicted molar refractivity (Wildman–Crippen MR) is 67.9 cm³/mol. The van der Waals surface area contributed by atoms with Gasteiger partial charge in [-0.2, -0.15) is 9.90 Å². The summed E-state index contributed by atoms with van der Waals surface area (Å²) in [5, 5.41) is 15.2. The van der Waals surface area contributed by atoms with Crippen molar-refractivity contribution < 1.29 is 13.2 Å². The van der Waals surface area contributed by atoms with Crippen molar-refractivity contribution in [2.75, 3.05) is 0 Å². The zero-order valence-electron chi connectivity index (χ0n) is 9.90. The number of aryl methyl sites for hydroxylation is 1. The van der Waals surface area contributed by atoms with E-state index in [-0.39, 0.29) is 22.4 Å². The Balaban J connectivity index is 1.99. The van der Waals surface area contributed by atoms with Gasteiger partial charge in [-0.25, -0.2) is 13.6 Å². The first-order valence-electron chi connectivity index (χ1n) is 5.12. The van der Waals surface area contributed by atoms with E-state index in [1.54, 1.807) is 13.1 Å². The van der Waals surface area contributed by atoms with E-state index in [4.69, 9.17) is 5.14 Å². The molecule has 1 amide bonds. The number of aromatic nitrogens is 3. The molecule has 0 aliphatic rings. The number of rotatable bonds is 4. The highest BCUT2D eigenvalue weighted by Gasteiger charge is 2.13. The van der Waals surface area contributed by atoms with Crippen LogP contribution in [0.3, 0.4) is 0 Å². The van der Waals surface area contributed by atoms with Crippen molar-refractivity contribution in [2.24, 2.45) is 12.2 Å². The van der Waals surface area contributed by atoms with Crippen LogP contribution in [0, 0.1) is 0 Å². The summed E-state index contributed by atoms with van der Waals surface area (Å²) in [5.41, 5.74) is 0.200. The molecule has 0 bridgehead atoms. The van der Waals surface area contributed by atoms with Gasteiger partial charge in [-0.05, 0) is 12.1 Å². The standard InChI is InChI=1S/C9H11N5O3S2/c1-14-12-5-7(13-14)9(15)11-4-6-2-3-8(18-6)19(10,16)17/h2-3,5H,4H2,1H3,(H,11,15)(H2,10,16,17). The fourth-order valence-electron chi connectivity index (χ4n) is 1.31. The van der Waals surface area contributed by atoms with E-state index >= 15 is 0 Å². The van der Waals surface area contributed by atoms with Gasteiger partial charge in [-0.1, -0.05) is 0 Å². The van der Waals surface area contributed by atoms with E-state index in [2.05, 4.69) is 15.5 Å². The number of carbonyl (C=O) groups excluding carboxylic acids is 1. The van der Waals surface area contributed by atoms with Gasteiger partial charge in [-0.3, -0.25) is 4.79 Å². The van der Waals surface area contributed by atoms with Crippen molar-refractivity contribution in [1.82, 2.24) is 20.3 Å². The van der Waals surface area contributed by atoms with Gasteiger partial charge in [0.05, 0.1) is 12.7 Å². The number of hydrogen-bond donors (Lipinski definition) is 2. The molecule has 2 aromatic heterocycles. The molecular weight excluding hydrogens is 290 g/mol. The van der Waals surface area contributed by atoms with Crippen LogP contribution in [0.4, 0.5) is 0 Å². The molecule has 2 heterocycles. The van der Waals surface area contributed by atoms with Crippen LogP contribution >= 0.6 is 11.3 Å². The van der Waals surface area contributed by atoms with E-state index in [1.165, 1.54) is 17.1 Å². The number of nitrogens with two attached hydrogens (primary N) is 1. The topological polar surface area (TPSA) is 120 Å². The minimum Gasteiger partial charge on any atom is -0.346 e. The number of nitrogens with zero attached hydrogens (tertiary/aromatic N) is 3. The van der Waals surface area contributed by atoms with Crippen molar-refractivity contribution in [3.8, 4) is 0 Å². The quantitative estimate of drug-likeness (QED) is 0.785. The Morgan fingerprint density at radius 3 is 2.79 bits per heavy atom. The van der Waals surface area contributed by atoms with Crippen LogP contribution in [-0.4, -0.2) is 29.3 Å². The smallest absolute Gasteiger partial charge is 0.273 e. The van der Waals surface area contributed by atoms with Crippen LogP contribution in [0.1, 0.15) is 15.4 Å². The van der Waals surface area contributed by atoms with E-state index in [1.807, 2.05) is 0 Å². The second kappa shape index (κ2) is 5.07. The van der Waals surface area contributed by atoms with Gasteiger partial charge >= 0.3 is 0 Å². The molecule has 10 heteroatoms. The number of hydrogen-bond acceptors (Lipinski definition) is 6. The fourth-order valence-corrected chi connectivity index (χ4v) is 3.03. The summed E-state index contributed by atoms with van der Waals surface area (Å²) in [4.78, 5) is 13.6. The van der Waals surface area contributed by atoms with Crippen LogP contribution in [0.2, 0.25) is 0 Å². The summed E-state index contributed by atoms with van der Waals surface area (Å²) in [7, 11) is -2.08. The highest BCUT2D eigenvalue weighted by atomic mass is 32.2. The number of amides is 1. The number of carbonyl (C=O) groups is 1. The largest absolute Gasteiger partial charge is 0.346 e. The van der Waals surface area contributed by atoms with Gasteiger partial charge < -0.3 is 5.32 Å². The van der Waals surface area contributed by atoms with Gasteiger partial charge in [0.1, 0.15) is 4.21 Å². The van der Waals surface area contributed by atoms with Crippen LogP contribution in [0.5, 0.6) is 0 Å². The van der Waals surface area contributed by atoms with Gasteiger partial charge in [0.25, 0.3) is 5.91 Å².